The highest BCUT2D eigenvalue weighted by atomic mass is 15.2. The summed E-state index contributed by atoms with van der Waals surface area (Å²) in [6, 6.07) is 3.93. The second-order valence-electron chi connectivity index (χ2n) is 3.52. The van der Waals surface area contributed by atoms with Gasteiger partial charge in [0.25, 0.3) is 0 Å². The zero-order valence-electron chi connectivity index (χ0n) is 8.99. The highest BCUT2D eigenvalue weighted by Gasteiger charge is 2.08. The summed E-state index contributed by atoms with van der Waals surface area (Å²) >= 11 is 0. The van der Waals surface area contributed by atoms with Gasteiger partial charge in [-0.15, -0.1) is 0 Å². The van der Waals surface area contributed by atoms with E-state index in [1.807, 2.05) is 19.1 Å². The molecule has 0 saturated heterocycles. The summed E-state index contributed by atoms with van der Waals surface area (Å²) in [5, 5.41) is 7.10. The number of rotatable bonds is 3. The third kappa shape index (κ3) is 2.03. The number of hydrogen-bond donors (Lipinski definition) is 1. The van der Waals surface area contributed by atoms with Crippen molar-refractivity contribution in [2.75, 3.05) is 0 Å². The quantitative estimate of drug-likeness (QED) is 0.829. The molecular formula is C11H14N4. The molecule has 2 heterocycles. The summed E-state index contributed by atoms with van der Waals surface area (Å²) in [6.07, 6.45) is 3.76. The Morgan fingerprint density at radius 3 is 3.00 bits per heavy atom. The van der Waals surface area contributed by atoms with Crippen molar-refractivity contribution in [2.45, 2.75) is 26.7 Å². The molecule has 15 heavy (non-hydrogen) atoms. The molecule has 1 N–H and O–H groups in total. The number of pyridine rings is 1. The Morgan fingerprint density at radius 2 is 2.27 bits per heavy atom. The number of hydrogen-bond acceptors (Lipinski definition) is 3. The molecule has 0 aliphatic carbocycles. The largest absolute Gasteiger partial charge is 0.263 e. The Hall–Kier alpha value is -1.71. The lowest BCUT2D eigenvalue weighted by Gasteiger charge is -1.97. The Labute approximate surface area is 88.8 Å². The van der Waals surface area contributed by atoms with Crippen LogP contribution in [0, 0.1) is 6.92 Å². The Kier molecular flexibility index (Phi) is 2.76. The van der Waals surface area contributed by atoms with Gasteiger partial charge in [0.1, 0.15) is 11.5 Å². The minimum absolute atomic E-state index is 0.691. The van der Waals surface area contributed by atoms with Gasteiger partial charge in [-0.05, 0) is 25.0 Å². The van der Waals surface area contributed by atoms with Crippen LogP contribution < -0.4 is 0 Å². The van der Waals surface area contributed by atoms with E-state index in [0.29, 0.717) is 5.82 Å². The van der Waals surface area contributed by atoms with Gasteiger partial charge in [-0.25, -0.2) is 4.98 Å². The van der Waals surface area contributed by atoms with Crippen molar-refractivity contribution in [2.24, 2.45) is 0 Å². The van der Waals surface area contributed by atoms with Crippen LogP contribution in [-0.2, 0) is 6.42 Å². The summed E-state index contributed by atoms with van der Waals surface area (Å²) in [4.78, 5) is 8.68. The van der Waals surface area contributed by atoms with Gasteiger partial charge in [-0.2, -0.15) is 5.10 Å². The van der Waals surface area contributed by atoms with Gasteiger partial charge < -0.3 is 0 Å². The first-order valence-corrected chi connectivity index (χ1v) is 5.14. The van der Waals surface area contributed by atoms with Crippen molar-refractivity contribution in [3.05, 3.63) is 29.7 Å². The fraction of sp³-hybridized carbons (Fsp3) is 0.364. The summed E-state index contributed by atoms with van der Waals surface area (Å²) < 4.78 is 0. The first kappa shape index (κ1) is 9.83. The lowest BCUT2D eigenvalue weighted by atomic mass is 10.2. The molecule has 0 unspecified atom stereocenters. The van der Waals surface area contributed by atoms with Crippen LogP contribution in [0.15, 0.2) is 18.3 Å². The zero-order chi connectivity index (χ0) is 10.7. The van der Waals surface area contributed by atoms with Gasteiger partial charge in [0.15, 0.2) is 5.82 Å². The van der Waals surface area contributed by atoms with E-state index in [1.54, 1.807) is 6.20 Å². The SMILES string of the molecule is CCCc1nc(-c2ncccc2C)n[nH]1. The molecule has 2 aromatic heterocycles. The van der Waals surface area contributed by atoms with Crippen LogP contribution in [0.1, 0.15) is 24.7 Å². The number of H-pyrrole nitrogens is 1. The van der Waals surface area contributed by atoms with Crippen LogP contribution in [0.2, 0.25) is 0 Å². The molecule has 4 heteroatoms. The van der Waals surface area contributed by atoms with Crippen LogP contribution in [0.5, 0.6) is 0 Å². The molecule has 0 radical (unpaired) electrons. The number of aryl methyl sites for hydroxylation is 2. The Bertz CT molecular complexity index is 447. The third-order valence-corrected chi connectivity index (χ3v) is 2.24. The number of aromatic amines is 1. The molecule has 0 atom stereocenters. The van der Waals surface area contributed by atoms with Crippen molar-refractivity contribution in [3.63, 3.8) is 0 Å². The molecule has 0 spiro atoms. The maximum Gasteiger partial charge on any atom is 0.200 e. The standard InChI is InChI=1S/C11H14N4/c1-3-5-9-13-11(15-14-9)10-8(2)6-4-7-12-10/h4,6-7H,3,5H2,1-2H3,(H,13,14,15). The number of nitrogens with one attached hydrogen (secondary N) is 1. The Morgan fingerprint density at radius 1 is 1.40 bits per heavy atom. The van der Waals surface area contributed by atoms with Gasteiger partial charge in [0.2, 0.25) is 0 Å². The highest BCUT2D eigenvalue weighted by Crippen LogP contribution is 2.15. The van der Waals surface area contributed by atoms with Crippen molar-refractivity contribution >= 4 is 0 Å². The molecule has 0 saturated carbocycles. The summed E-state index contributed by atoms with van der Waals surface area (Å²) in [7, 11) is 0. The Balaban J connectivity index is 2.33. The topological polar surface area (TPSA) is 54.5 Å². The van der Waals surface area contributed by atoms with E-state index < -0.39 is 0 Å². The second-order valence-corrected chi connectivity index (χ2v) is 3.52. The summed E-state index contributed by atoms with van der Waals surface area (Å²) in [5.41, 5.74) is 1.95. The first-order chi connectivity index (χ1) is 7.31. The van der Waals surface area contributed by atoms with E-state index in [1.165, 1.54) is 0 Å². The molecule has 4 nitrogen and oxygen atoms in total. The first-order valence-electron chi connectivity index (χ1n) is 5.14. The zero-order valence-corrected chi connectivity index (χ0v) is 8.99. The predicted molar refractivity (Wildman–Crippen MR) is 58.3 cm³/mol. The van der Waals surface area contributed by atoms with Crippen LogP contribution in [0.3, 0.4) is 0 Å². The minimum Gasteiger partial charge on any atom is -0.263 e. The maximum absolute atomic E-state index is 4.40. The minimum atomic E-state index is 0.691. The summed E-state index contributed by atoms with van der Waals surface area (Å²) in [5.74, 6) is 1.62. The van der Waals surface area contributed by atoms with Gasteiger partial charge in [0.05, 0.1) is 0 Å². The van der Waals surface area contributed by atoms with Gasteiger partial charge in [0, 0.05) is 12.6 Å². The average Bonchev–Trinajstić information content (AvgIpc) is 2.68. The fourth-order valence-electron chi connectivity index (χ4n) is 1.47. The van der Waals surface area contributed by atoms with E-state index in [2.05, 4.69) is 27.1 Å². The van der Waals surface area contributed by atoms with Crippen molar-refractivity contribution < 1.29 is 0 Å². The van der Waals surface area contributed by atoms with Crippen LogP contribution in [0.4, 0.5) is 0 Å². The number of aromatic nitrogens is 4. The van der Waals surface area contributed by atoms with Crippen molar-refractivity contribution in [1.29, 1.82) is 0 Å². The second kappa shape index (κ2) is 4.21. The fourth-order valence-corrected chi connectivity index (χ4v) is 1.47. The van der Waals surface area contributed by atoms with E-state index >= 15 is 0 Å². The molecule has 0 fully saturated rings. The van der Waals surface area contributed by atoms with Crippen LogP contribution in [-0.4, -0.2) is 20.2 Å². The van der Waals surface area contributed by atoms with Gasteiger partial charge >= 0.3 is 0 Å². The average molecular weight is 202 g/mol. The highest BCUT2D eigenvalue weighted by molar-refractivity contribution is 5.53. The smallest absolute Gasteiger partial charge is 0.200 e. The van der Waals surface area contributed by atoms with Crippen LogP contribution >= 0.6 is 0 Å². The molecule has 0 bridgehead atoms. The molecular weight excluding hydrogens is 188 g/mol. The van der Waals surface area contributed by atoms with Crippen LogP contribution in [0.25, 0.3) is 11.5 Å². The molecule has 0 aliphatic heterocycles. The maximum atomic E-state index is 4.40. The van der Waals surface area contributed by atoms with Gasteiger partial charge in [-0.1, -0.05) is 13.0 Å². The van der Waals surface area contributed by atoms with E-state index in [-0.39, 0.29) is 0 Å². The van der Waals surface area contributed by atoms with E-state index in [0.717, 1.165) is 29.9 Å². The molecule has 0 aromatic carbocycles. The van der Waals surface area contributed by atoms with Gasteiger partial charge in [-0.3, -0.25) is 10.1 Å². The summed E-state index contributed by atoms with van der Waals surface area (Å²) in [6.45, 7) is 4.13. The molecule has 78 valence electrons. The third-order valence-electron chi connectivity index (χ3n) is 2.24. The molecule has 2 rings (SSSR count). The molecule has 0 aliphatic rings. The normalized spacial score (nSPS) is 10.5. The molecule has 0 amide bonds. The lowest BCUT2D eigenvalue weighted by Crippen LogP contribution is -1.89. The van der Waals surface area contributed by atoms with E-state index in [9.17, 15) is 0 Å². The van der Waals surface area contributed by atoms with Crippen molar-refractivity contribution in [3.8, 4) is 11.5 Å². The van der Waals surface area contributed by atoms with Crippen molar-refractivity contribution in [1.82, 2.24) is 20.2 Å². The predicted octanol–water partition coefficient (Wildman–Crippen LogP) is 2.13. The van der Waals surface area contributed by atoms with E-state index in [4.69, 9.17) is 0 Å². The monoisotopic (exact) mass is 202 g/mol. The lowest BCUT2D eigenvalue weighted by molar-refractivity contribution is 0.841. The molecule has 2 aromatic rings. The number of nitrogens with zero attached hydrogens (tertiary/aromatic N) is 3.